The average molecular weight is 367 g/mol. The first-order chi connectivity index (χ1) is 11.7. The topological polar surface area (TPSA) is 123 Å². The zero-order valence-electron chi connectivity index (χ0n) is 13.8. The Bertz CT molecular complexity index is 778. The first-order valence-corrected chi connectivity index (χ1v) is 9.42. The van der Waals surface area contributed by atoms with E-state index >= 15 is 0 Å². The minimum atomic E-state index is -3.60. The number of amidine groups is 1. The zero-order valence-corrected chi connectivity index (χ0v) is 14.7. The van der Waals surface area contributed by atoms with Gasteiger partial charge in [-0.1, -0.05) is 24.8 Å². The van der Waals surface area contributed by atoms with Crippen LogP contribution in [0.1, 0.15) is 12.0 Å². The van der Waals surface area contributed by atoms with E-state index < -0.39 is 28.1 Å². The van der Waals surface area contributed by atoms with Crippen molar-refractivity contribution in [3.8, 4) is 5.75 Å². The van der Waals surface area contributed by atoms with Gasteiger partial charge in [0, 0.05) is 12.0 Å². The van der Waals surface area contributed by atoms with E-state index in [2.05, 4.69) is 6.58 Å². The van der Waals surface area contributed by atoms with Gasteiger partial charge >= 0.3 is 5.97 Å². The third-order valence-corrected chi connectivity index (χ3v) is 4.96. The molecule has 0 saturated carbocycles. The lowest BCUT2D eigenvalue weighted by atomic mass is 10.2. The van der Waals surface area contributed by atoms with Crippen LogP contribution in [-0.4, -0.2) is 56.1 Å². The fourth-order valence-electron chi connectivity index (χ4n) is 2.60. The number of ether oxygens (including phenoxy) is 2. The summed E-state index contributed by atoms with van der Waals surface area (Å²) in [4.78, 5) is 12.1. The minimum Gasteiger partial charge on any atom is -0.489 e. The van der Waals surface area contributed by atoms with E-state index in [0.29, 0.717) is 11.3 Å². The van der Waals surface area contributed by atoms with E-state index in [0.717, 1.165) is 10.6 Å². The van der Waals surface area contributed by atoms with Crippen molar-refractivity contribution in [2.45, 2.75) is 18.6 Å². The van der Waals surface area contributed by atoms with Crippen molar-refractivity contribution in [3.05, 3.63) is 42.5 Å². The monoisotopic (exact) mass is 367 g/mol. The van der Waals surface area contributed by atoms with Crippen molar-refractivity contribution in [1.82, 2.24) is 4.31 Å². The van der Waals surface area contributed by atoms with Crippen molar-refractivity contribution >= 4 is 21.8 Å². The number of sulfonamides is 1. The Morgan fingerprint density at radius 1 is 1.52 bits per heavy atom. The number of hydrogen-bond acceptors (Lipinski definition) is 6. The van der Waals surface area contributed by atoms with Gasteiger partial charge in [0.05, 0.1) is 12.8 Å². The summed E-state index contributed by atoms with van der Waals surface area (Å²) in [6, 6.07) is 5.69. The molecule has 1 aromatic carbocycles. The fourth-order valence-corrected chi connectivity index (χ4v) is 3.67. The Morgan fingerprint density at radius 2 is 2.24 bits per heavy atom. The van der Waals surface area contributed by atoms with Gasteiger partial charge in [0.25, 0.3) is 0 Å². The number of nitrogens with zero attached hydrogens (tertiary/aromatic N) is 1. The lowest BCUT2D eigenvalue weighted by Crippen LogP contribution is -2.41. The van der Waals surface area contributed by atoms with E-state index in [4.69, 9.17) is 20.6 Å². The van der Waals surface area contributed by atoms with E-state index in [1.54, 1.807) is 24.3 Å². The highest BCUT2D eigenvalue weighted by molar-refractivity contribution is 7.88. The summed E-state index contributed by atoms with van der Waals surface area (Å²) in [6.07, 6.45) is 2.12. The van der Waals surface area contributed by atoms with Crippen LogP contribution in [0, 0.1) is 5.41 Å². The number of nitrogens with one attached hydrogen (secondary N) is 1. The number of carbonyl (C=O) groups is 1. The molecule has 0 aliphatic carbocycles. The Hall–Kier alpha value is -2.39. The molecule has 1 aliphatic rings. The van der Waals surface area contributed by atoms with Crippen LogP contribution in [0.15, 0.2) is 36.9 Å². The maximum Gasteiger partial charge on any atom is 0.324 e. The first-order valence-electron chi connectivity index (χ1n) is 7.58. The molecule has 0 unspecified atom stereocenters. The molecule has 0 aromatic heterocycles. The largest absolute Gasteiger partial charge is 0.489 e. The van der Waals surface area contributed by atoms with Gasteiger partial charge in [-0.15, -0.1) is 0 Å². The molecular formula is C16H21N3O5S. The molecule has 0 bridgehead atoms. The van der Waals surface area contributed by atoms with E-state index in [1.807, 2.05) is 0 Å². The van der Waals surface area contributed by atoms with Gasteiger partial charge in [-0.3, -0.25) is 10.2 Å². The Morgan fingerprint density at radius 3 is 2.84 bits per heavy atom. The summed E-state index contributed by atoms with van der Waals surface area (Å²) in [7, 11) is -3.60. The SMILES string of the molecule is C=CCOC(=O)[C@@H]1C[C@@H](Oc2cccc(C(=N)N)c2)CN1S(C)(=O)=O. The molecule has 0 radical (unpaired) electrons. The van der Waals surface area contributed by atoms with Crippen molar-refractivity contribution in [3.63, 3.8) is 0 Å². The molecule has 2 atom stereocenters. The van der Waals surface area contributed by atoms with Gasteiger partial charge < -0.3 is 15.2 Å². The standard InChI is InChI=1S/C16H21N3O5S/c1-3-7-23-16(20)14-9-13(10-19(14)25(2,21)22)24-12-6-4-5-11(8-12)15(17)18/h3-6,8,13-14H,1,7,9-10H2,2H3,(H3,17,18)/t13-,14+/m1/s1. The Labute approximate surface area is 146 Å². The molecule has 1 aliphatic heterocycles. The molecule has 9 heteroatoms. The highest BCUT2D eigenvalue weighted by Gasteiger charge is 2.43. The van der Waals surface area contributed by atoms with Gasteiger partial charge in [0.15, 0.2) is 0 Å². The summed E-state index contributed by atoms with van der Waals surface area (Å²) >= 11 is 0. The number of benzene rings is 1. The van der Waals surface area contributed by atoms with E-state index in [-0.39, 0.29) is 25.4 Å². The Balaban J connectivity index is 2.15. The van der Waals surface area contributed by atoms with Crippen molar-refractivity contribution < 1.29 is 22.7 Å². The van der Waals surface area contributed by atoms with Gasteiger partial charge in [0.2, 0.25) is 10.0 Å². The predicted molar refractivity (Wildman–Crippen MR) is 93.0 cm³/mol. The summed E-state index contributed by atoms with van der Waals surface area (Å²) in [5.41, 5.74) is 5.95. The molecule has 3 N–H and O–H groups in total. The quantitative estimate of drug-likeness (QED) is 0.313. The number of hydrogen-bond donors (Lipinski definition) is 2. The first kappa shape index (κ1) is 18.9. The van der Waals surface area contributed by atoms with Crippen LogP contribution in [0.5, 0.6) is 5.75 Å². The number of esters is 1. The van der Waals surface area contributed by atoms with E-state index in [9.17, 15) is 13.2 Å². The zero-order chi connectivity index (χ0) is 18.6. The normalized spacial score (nSPS) is 20.8. The highest BCUT2D eigenvalue weighted by Crippen LogP contribution is 2.26. The third kappa shape index (κ3) is 4.80. The van der Waals surface area contributed by atoms with Crippen LogP contribution in [0.4, 0.5) is 0 Å². The second-order valence-electron chi connectivity index (χ2n) is 5.68. The molecular weight excluding hydrogens is 346 g/mol. The van der Waals surface area contributed by atoms with Gasteiger partial charge in [-0.05, 0) is 12.1 Å². The average Bonchev–Trinajstić information content (AvgIpc) is 2.97. The maximum absolute atomic E-state index is 12.1. The van der Waals surface area contributed by atoms with Gasteiger partial charge in [0.1, 0.15) is 30.3 Å². The third-order valence-electron chi connectivity index (χ3n) is 3.71. The van der Waals surface area contributed by atoms with Crippen molar-refractivity contribution in [2.24, 2.45) is 5.73 Å². The van der Waals surface area contributed by atoms with E-state index in [1.165, 1.54) is 6.08 Å². The molecule has 25 heavy (non-hydrogen) atoms. The fraction of sp³-hybridized carbons (Fsp3) is 0.375. The van der Waals surface area contributed by atoms with Crippen molar-refractivity contribution in [1.29, 1.82) is 5.41 Å². The maximum atomic E-state index is 12.1. The van der Waals surface area contributed by atoms with Crippen LogP contribution in [0.3, 0.4) is 0 Å². The molecule has 8 nitrogen and oxygen atoms in total. The van der Waals surface area contributed by atoms with Crippen LogP contribution >= 0.6 is 0 Å². The second-order valence-corrected chi connectivity index (χ2v) is 7.62. The number of nitrogen functional groups attached to an aromatic ring is 1. The van der Waals surface area contributed by atoms with Gasteiger partial charge in [-0.25, -0.2) is 8.42 Å². The molecule has 1 heterocycles. The van der Waals surface area contributed by atoms with Crippen LogP contribution in [0.25, 0.3) is 0 Å². The Kier molecular flexibility index (Phi) is 5.81. The smallest absolute Gasteiger partial charge is 0.324 e. The number of carbonyl (C=O) groups excluding carboxylic acids is 1. The highest BCUT2D eigenvalue weighted by atomic mass is 32.2. The summed E-state index contributed by atoms with van der Waals surface area (Å²) in [5, 5.41) is 7.45. The van der Waals surface area contributed by atoms with Gasteiger partial charge in [-0.2, -0.15) is 4.31 Å². The minimum absolute atomic E-state index is 0.0130. The lowest BCUT2D eigenvalue weighted by Gasteiger charge is -2.19. The van der Waals surface area contributed by atoms with Crippen LogP contribution in [0.2, 0.25) is 0 Å². The van der Waals surface area contributed by atoms with Crippen LogP contribution < -0.4 is 10.5 Å². The molecule has 136 valence electrons. The summed E-state index contributed by atoms with van der Waals surface area (Å²) in [6.45, 7) is 3.51. The summed E-state index contributed by atoms with van der Waals surface area (Å²) < 4.78 is 35.8. The molecule has 1 saturated heterocycles. The number of rotatable bonds is 7. The summed E-state index contributed by atoms with van der Waals surface area (Å²) in [5.74, 6) is -0.277. The predicted octanol–water partition coefficient (Wildman–Crippen LogP) is 0.481. The molecule has 1 fully saturated rings. The van der Waals surface area contributed by atoms with Crippen molar-refractivity contribution in [2.75, 3.05) is 19.4 Å². The lowest BCUT2D eigenvalue weighted by molar-refractivity contribution is -0.146. The molecule has 0 spiro atoms. The molecule has 2 rings (SSSR count). The second kappa shape index (κ2) is 7.66. The number of nitrogens with two attached hydrogens (primary N) is 1. The molecule has 1 aromatic rings. The van der Waals surface area contributed by atoms with Crippen LogP contribution in [-0.2, 0) is 19.6 Å². The molecule has 0 amide bonds.